The molecule has 9 heteroatoms. The van der Waals surface area contributed by atoms with E-state index in [1.807, 2.05) is 0 Å². The lowest BCUT2D eigenvalue weighted by Crippen LogP contribution is -2.14. The van der Waals surface area contributed by atoms with Crippen molar-refractivity contribution in [3.05, 3.63) is 40.8 Å². The molecule has 1 saturated carbocycles. The van der Waals surface area contributed by atoms with E-state index in [2.05, 4.69) is 27.2 Å². The van der Waals surface area contributed by atoms with Gasteiger partial charge >= 0.3 is 0 Å². The quantitative estimate of drug-likeness (QED) is 0.689. The topological polar surface area (TPSA) is 90.8 Å². The standard InChI is InChI=1S/C18H16F2N6O/c1-22-18-14(17(21)27)12(24-25(18)2)6-5-10-11(19)7-13-16(15(10)20)23-8-26(13)9-3-4-9/h7-9,22H,3-4H2,1-2H3,(H2,21,27). The van der Waals surface area contributed by atoms with Gasteiger partial charge in [-0.25, -0.2) is 13.8 Å². The predicted octanol–water partition coefficient (Wildman–Crippen LogP) is 1.92. The van der Waals surface area contributed by atoms with Gasteiger partial charge in [0.25, 0.3) is 5.91 Å². The molecule has 1 aromatic carbocycles. The number of benzene rings is 1. The summed E-state index contributed by atoms with van der Waals surface area (Å²) in [5.74, 6) is 3.01. The summed E-state index contributed by atoms with van der Waals surface area (Å²) < 4.78 is 32.5. The Morgan fingerprint density at radius 2 is 2.11 bits per heavy atom. The number of imidazole rings is 1. The van der Waals surface area contributed by atoms with Crippen LogP contribution in [0.2, 0.25) is 0 Å². The zero-order valence-corrected chi connectivity index (χ0v) is 14.7. The molecule has 3 N–H and O–H groups in total. The van der Waals surface area contributed by atoms with Crippen LogP contribution in [-0.2, 0) is 7.05 Å². The summed E-state index contributed by atoms with van der Waals surface area (Å²) in [7, 11) is 3.20. The number of rotatable bonds is 3. The number of carbonyl (C=O) groups excluding carboxylic acids is 1. The van der Waals surface area contributed by atoms with E-state index in [1.54, 1.807) is 18.7 Å². The van der Waals surface area contributed by atoms with Crippen molar-refractivity contribution in [2.75, 3.05) is 12.4 Å². The lowest BCUT2D eigenvalue weighted by Gasteiger charge is -2.03. The Balaban J connectivity index is 1.83. The highest BCUT2D eigenvalue weighted by atomic mass is 19.1. The lowest BCUT2D eigenvalue weighted by atomic mass is 10.1. The average molecular weight is 370 g/mol. The molecular weight excluding hydrogens is 354 g/mol. The van der Waals surface area contributed by atoms with Crippen LogP contribution in [0.3, 0.4) is 0 Å². The van der Waals surface area contributed by atoms with Crippen LogP contribution < -0.4 is 11.1 Å². The van der Waals surface area contributed by atoms with Crippen molar-refractivity contribution in [2.24, 2.45) is 12.8 Å². The first-order valence-electron chi connectivity index (χ1n) is 8.33. The summed E-state index contributed by atoms with van der Waals surface area (Å²) in [6.07, 6.45) is 3.46. The van der Waals surface area contributed by atoms with Gasteiger partial charge in [-0.2, -0.15) is 5.10 Å². The molecule has 0 radical (unpaired) electrons. The number of carbonyl (C=O) groups is 1. The Morgan fingerprint density at radius 3 is 2.74 bits per heavy atom. The van der Waals surface area contributed by atoms with Crippen molar-refractivity contribution in [2.45, 2.75) is 18.9 Å². The third kappa shape index (κ3) is 2.70. The molecule has 0 saturated heterocycles. The number of aromatic nitrogens is 4. The van der Waals surface area contributed by atoms with Crippen LogP contribution in [0.25, 0.3) is 11.0 Å². The highest BCUT2D eigenvalue weighted by molar-refractivity contribution is 6.00. The van der Waals surface area contributed by atoms with E-state index in [9.17, 15) is 13.6 Å². The van der Waals surface area contributed by atoms with Gasteiger partial charge in [-0.3, -0.25) is 9.48 Å². The molecule has 1 amide bonds. The van der Waals surface area contributed by atoms with Crippen molar-refractivity contribution < 1.29 is 13.6 Å². The number of fused-ring (bicyclic) bond motifs is 1. The zero-order valence-electron chi connectivity index (χ0n) is 14.7. The maximum absolute atomic E-state index is 14.8. The van der Waals surface area contributed by atoms with Crippen LogP contribution >= 0.6 is 0 Å². The molecule has 2 heterocycles. The first-order chi connectivity index (χ1) is 12.9. The Hall–Kier alpha value is -3.41. The van der Waals surface area contributed by atoms with E-state index in [4.69, 9.17) is 5.73 Å². The maximum atomic E-state index is 14.8. The summed E-state index contributed by atoms with van der Waals surface area (Å²) in [4.78, 5) is 15.8. The Morgan fingerprint density at radius 1 is 1.37 bits per heavy atom. The van der Waals surface area contributed by atoms with Gasteiger partial charge in [0, 0.05) is 26.2 Å². The van der Waals surface area contributed by atoms with Gasteiger partial charge in [0.05, 0.1) is 17.4 Å². The SMILES string of the molecule is CNc1c(C(N)=O)c(C#Cc2c(F)cc3c(ncn3C3CC3)c2F)nn1C. The number of nitrogens with zero attached hydrogens (tertiary/aromatic N) is 4. The minimum atomic E-state index is -0.831. The van der Waals surface area contributed by atoms with Crippen molar-refractivity contribution in [1.82, 2.24) is 19.3 Å². The second-order valence-electron chi connectivity index (χ2n) is 6.36. The number of nitrogens with one attached hydrogen (secondary N) is 1. The monoisotopic (exact) mass is 370 g/mol. The van der Waals surface area contributed by atoms with Gasteiger partial charge in [-0.05, 0) is 18.8 Å². The maximum Gasteiger partial charge on any atom is 0.255 e. The molecule has 1 fully saturated rings. The third-order valence-corrected chi connectivity index (χ3v) is 4.54. The summed E-state index contributed by atoms with van der Waals surface area (Å²) in [5.41, 5.74) is 5.54. The van der Waals surface area contributed by atoms with E-state index < -0.39 is 23.1 Å². The van der Waals surface area contributed by atoms with Gasteiger partial charge in [-0.15, -0.1) is 0 Å². The van der Waals surface area contributed by atoms with Gasteiger partial charge < -0.3 is 15.6 Å². The fraction of sp³-hybridized carbons (Fsp3) is 0.278. The summed E-state index contributed by atoms with van der Waals surface area (Å²) in [6, 6.07) is 1.48. The number of hydrogen-bond donors (Lipinski definition) is 2. The van der Waals surface area contributed by atoms with Crippen LogP contribution in [0.5, 0.6) is 0 Å². The van der Waals surface area contributed by atoms with E-state index in [0.717, 1.165) is 12.8 Å². The molecule has 27 heavy (non-hydrogen) atoms. The van der Waals surface area contributed by atoms with E-state index in [-0.39, 0.29) is 22.8 Å². The molecule has 0 bridgehead atoms. The first-order valence-corrected chi connectivity index (χ1v) is 8.33. The van der Waals surface area contributed by atoms with Gasteiger partial charge in [0.2, 0.25) is 0 Å². The van der Waals surface area contributed by atoms with Gasteiger partial charge in [0.1, 0.15) is 22.7 Å². The van der Waals surface area contributed by atoms with E-state index >= 15 is 0 Å². The van der Waals surface area contributed by atoms with Crippen LogP contribution in [-0.4, -0.2) is 32.3 Å². The molecule has 0 unspecified atom stereocenters. The minimum absolute atomic E-state index is 0.0387. The second-order valence-corrected chi connectivity index (χ2v) is 6.36. The molecule has 1 aliphatic rings. The van der Waals surface area contributed by atoms with Crippen molar-refractivity contribution in [1.29, 1.82) is 0 Å². The number of hydrogen-bond acceptors (Lipinski definition) is 4. The van der Waals surface area contributed by atoms with Crippen molar-refractivity contribution in [3.8, 4) is 11.8 Å². The number of aryl methyl sites for hydroxylation is 1. The number of halogens is 2. The molecule has 3 aromatic rings. The first kappa shape index (κ1) is 17.0. The average Bonchev–Trinajstić information content (AvgIpc) is 3.29. The summed E-state index contributed by atoms with van der Waals surface area (Å²) in [6.45, 7) is 0. The van der Waals surface area contributed by atoms with Crippen molar-refractivity contribution in [3.63, 3.8) is 0 Å². The molecule has 0 aliphatic heterocycles. The number of primary amides is 1. The Labute approximate surface area is 153 Å². The van der Waals surface area contributed by atoms with Crippen LogP contribution in [0.1, 0.15) is 40.5 Å². The molecule has 2 aromatic heterocycles. The smallest absolute Gasteiger partial charge is 0.255 e. The molecule has 4 rings (SSSR count). The molecule has 0 spiro atoms. The summed E-state index contributed by atoms with van der Waals surface area (Å²) >= 11 is 0. The number of anilines is 1. The molecule has 7 nitrogen and oxygen atoms in total. The third-order valence-electron chi connectivity index (χ3n) is 4.54. The van der Waals surface area contributed by atoms with Crippen LogP contribution in [0.15, 0.2) is 12.4 Å². The normalized spacial score (nSPS) is 13.5. The fourth-order valence-corrected chi connectivity index (χ4v) is 3.11. The molecular formula is C18H16F2N6O. The van der Waals surface area contributed by atoms with Crippen LogP contribution in [0.4, 0.5) is 14.6 Å². The fourth-order valence-electron chi connectivity index (χ4n) is 3.11. The van der Waals surface area contributed by atoms with Gasteiger partial charge in [-0.1, -0.05) is 5.92 Å². The lowest BCUT2D eigenvalue weighted by molar-refractivity contribution is 0.100. The highest BCUT2D eigenvalue weighted by Crippen LogP contribution is 2.38. The Bertz CT molecular complexity index is 1150. The number of nitrogens with two attached hydrogens (primary N) is 1. The van der Waals surface area contributed by atoms with E-state index in [1.165, 1.54) is 17.1 Å². The van der Waals surface area contributed by atoms with E-state index in [0.29, 0.717) is 11.3 Å². The molecule has 138 valence electrons. The number of amides is 1. The molecule has 0 atom stereocenters. The van der Waals surface area contributed by atoms with Crippen molar-refractivity contribution >= 4 is 22.8 Å². The predicted molar refractivity (Wildman–Crippen MR) is 95.2 cm³/mol. The second kappa shape index (κ2) is 6.09. The largest absolute Gasteiger partial charge is 0.373 e. The summed E-state index contributed by atoms with van der Waals surface area (Å²) in [5, 5.41) is 6.89. The minimum Gasteiger partial charge on any atom is -0.373 e. The van der Waals surface area contributed by atoms with Crippen LogP contribution in [0, 0.1) is 23.5 Å². The molecule has 1 aliphatic carbocycles. The van der Waals surface area contributed by atoms with Gasteiger partial charge in [0.15, 0.2) is 11.5 Å². The highest BCUT2D eigenvalue weighted by Gasteiger charge is 2.27. The zero-order chi connectivity index (χ0) is 19.3. The Kier molecular flexibility index (Phi) is 3.84.